The van der Waals surface area contributed by atoms with Gasteiger partial charge in [-0.2, -0.15) is 0 Å². The Kier molecular flexibility index (Phi) is 4.03. The molecule has 2 aromatic rings. The molecule has 1 fully saturated rings. The minimum atomic E-state index is 0.409. The molecule has 3 rings (SSSR count). The van der Waals surface area contributed by atoms with E-state index in [9.17, 15) is 0 Å². The fourth-order valence-electron chi connectivity index (χ4n) is 2.67. The molecule has 0 radical (unpaired) electrons. The first-order valence-electron chi connectivity index (χ1n) is 7.13. The van der Waals surface area contributed by atoms with E-state index < -0.39 is 0 Å². The molecule has 1 aliphatic rings. The molecule has 0 saturated carbocycles. The summed E-state index contributed by atoms with van der Waals surface area (Å²) >= 11 is 0. The highest BCUT2D eigenvalue weighted by Gasteiger charge is 2.17. The van der Waals surface area contributed by atoms with Gasteiger partial charge in [-0.15, -0.1) is 5.10 Å². The van der Waals surface area contributed by atoms with Gasteiger partial charge in [-0.25, -0.2) is 4.68 Å². The van der Waals surface area contributed by atoms with Crippen LogP contribution in [0.15, 0.2) is 30.6 Å². The third-order valence-electron chi connectivity index (χ3n) is 3.89. The van der Waals surface area contributed by atoms with Crippen molar-refractivity contribution in [1.82, 2.24) is 30.4 Å². The van der Waals surface area contributed by atoms with Gasteiger partial charge in [0.25, 0.3) is 0 Å². The molecule has 2 heterocycles. The van der Waals surface area contributed by atoms with Gasteiger partial charge in [0.15, 0.2) is 0 Å². The second-order valence-electron chi connectivity index (χ2n) is 5.16. The normalized spacial score (nSPS) is 18.6. The van der Waals surface area contributed by atoms with E-state index in [4.69, 9.17) is 0 Å². The van der Waals surface area contributed by atoms with Crippen LogP contribution in [-0.2, 0) is 0 Å². The van der Waals surface area contributed by atoms with E-state index in [1.165, 1.54) is 12.0 Å². The molecule has 6 nitrogen and oxygen atoms in total. The van der Waals surface area contributed by atoms with Crippen molar-refractivity contribution < 1.29 is 0 Å². The molecule has 1 N–H and O–H groups in total. The number of benzene rings is 1. The highest BCUT2D eigenvalue weighted by Crippen LogP contribution is 2.22. The van der Waals surface area contributed by atoms with Crippen molar-refractivity contribution in [2.45, 2.75) is 19.4 Å². The van der Waals surface area contributed by atoms with Gasteiger partial charge >= 0.3 is 0 Å². The molecule has 0 spiro atoms. The summed E-state index contributed by atoms with van der Waals surface area (Å²) < 4.78 is 1.69. The SMILES string of the molecule is CC(c1cccc(-n2cnnn2)c1)N1CCCNCC1. The van der Waals surface area contributed by atoms with E-state index in [1.54, 1.807) is 11.0 Å². The number of tetrazole rings is 1. The Bertz CT molecular complexity index is 530. The van der Waals surface area contributed by atoms with Gasteiger partial charge in [0.2, 0.25) is 0 Å². The maximum Gasteiger partial charge on any atom is 0.143 e. The van der Waals surface area contributed by atoms with E-state index in [-0.39, 0.29) is 0 Å². The van der Waals surface area contributed by atoms with Crippen molar-refractivity contribution in [3.8, 4) is 5.69 Å². The Morgan fingerprint density at radius 1 is 1.25 bits per heavy atom. The topological polar surface area (TPSA) is 58.9 Å². The van der Waals surface area contributed by atoms with Crippen LogP contribution in [-0.4, -0.2) is 51.3 Å². The summed E-state index contributed by atoms with van der Waals surface area (Å²) in [6.45, 7) is 6.69. The largest absolute Gasteiger partial charge is 0.315 e. The number of nitrogens with zero attached hydrogens (tertiary/aromatic N) is 5. The third-order valence-corrected chi connectivity index (χ3v) is 3.89. The van der Waals surface area contributed by atoms with Gasteiger partial charge in [-0.1, -0.05) is 12.1 Å². The lowest BCUT2D eigenvalue weighted by Gasteiger charge is -2.27. The summed E-state index contributed by atoms with van der Waals surface area (Å²) in [5.74, 6) is 0. The molecule has 1 unspecified atom stereocenters. The van der Waals surface area contributed by atoms with Crippen molar-refractivity contribution in [2.75, 3.05) is 26.2 Å². The van der Waals surface area contributed by atoms with Crippen LogP contribution < -0.4 is 5.32 Å². The minimum Gasteiger partial charge on any atom is -0.315 e. The van der Waals surface area contributed by atoms with Crippen molar-refractivity contribution in [3.63, 3.8) is 0 Å². The standard InChI is InChI=1S/C14H20N6/c1-12(19-8-3-6-15-7-9-19)13-4-2-5-14(10-13)20-11-16-17-18-20/h2,4-5,10-12,15H,3,6-9H2,1H3. The zero-order valence-corrected chi connectivity index (χ0v) is 11.7. The summed E-state index contributed by atoms with van der Waals surface area (Å²) in [6.07, 6.45) is 2.83. The Labute approximate surface area is 118 Å². The quantitative estimate of drug-likeness (QED) is 0.904. The summed E-state index contributed by atoms with van der Waals surface area (Å²) in [7, 11) is 0. The van der Waals surface area contributed by atoms with Crippen molar-refractivity contribution in [1.29, 1.82) is 0 Å². The lowest BCUT2D eigenvalue weighted by atomic mass is 10.1. The van der Waals surface area contributed by atoms with Gasteiger partial charge in [0, 0.05) is 19.1 Å². The van der Waals surface area contributed by atoms with Crippen LogP contribution in [0.2, 0.25) is 0 Å². The summed E-state index contributed by atoms with van der Waals surface area (Å²) in [6, 6.07) is 8.84. The van der Waals surface area contributed by atoms with Crippen LogP contribution in [0.1, 0.15) is 24.9 Å². The lowest BCUT2D eigenvalue weighted by molar-refractivity contribution is 0.225. The van der Waals surface area contributed by atoms with Crippen LogP contribution in [0.3, 0.4) is 0 Å². The van der Waals surface area contributed by atoms with Crippen molar-refractivity contribution in [2.24, 2.45) is 0 Å². The Hall–Kier alpha value is -1.79. The number of hydrogen-bond acceptors (Lipinski definition) is 5. The summed E-state index contributed by atoms with van der Waals surface area (Å²) in [5, 5.41) is 14.8. The molecule has 1 aromatic heterocycles. The molecule has 0 bridgehead atoms. The van der Waals surface area contributed by atoms with Crippen LogP contribution in [0.25, 0.3) is 5.69 Å². The Morgan fingerprint density at radius 3 is 3.05 bits per heavy atom. The van der Waals surface area contributed by atoms with Gasteiger partial charge < -0.3 is 5.32 Å². The highest BCUT2D eigenvalue weighted by atomic mass is 15.5. The molecule has 106 valence electrons. The number of aromatic nitrogens is 4. The van der Waals surface area contributed by atoms with Crippen molar-refractivity contribution in [3.05, 3.63) is 36.2 Å². The number of hydrogen-bond donors (Lipinski definition) is 1. The first-order chi connectivity index (χ1) is 9.84. The second-order valence-corrected chi connectivity index (χ2v) is 5.16. The average Bonchev–Trinajstić information content (AvgIpc) is 2.89. The maximum absolute atomic E-state index is 3.95. The number of rotatable bonds is 3. The van der Waals surface area contributed by atoms with E-state index in [0.29, 0.717) is 6.04 Å². The third kappa shape index (κ3) is 2.86. The maximum atomic E-state index is 3.95. The molecular formula is C14H20N6. The van der Waals surface area contributed by atoms with E-state index >= 15 is 0 Å². The molecule has 20 heavy (non-hydrogen) atoms. The molecule has 1 atom stereocenters. The zero-order valence-electron chi connectivity index (χ0n) is 11.7. The highest BCUT2D eigenvalue weighted by molar-refractivity contribution is 5.35. The van der Waals surface area contributed by atoms with Gasteiger partial charge in [-0.3, -0.25) is 4.90 Å². The van der Waals surface area contributed by atoms with Gasteiger partial charge in [0.1, 0.15) is 6.33 Å². The lowest BCUT2D eigenvalue weighted by Crippen LogP contribution is -2.30. The number of nitrogens with one attached hydrogen (secondary N) is 1. The summed E-state index contributed by atoms with van der Waals surface area (Å²) in [5.41, 5.74) is 2.31. The molecule has 6 heteroatoms. The van der Waals surface area contributed by atoms with Gasteiger partial charge in [0.05, 0.1) is 5.69 Å². The fourth-order valence-corrected chi connectivity index (χ4v) is 2.67. The first-order valence-corrected chi connectivity index (χ1v) is 7.13. The molecule has 1 aliphatic heterocycles. The smallest absolute Gasteiger partial charge is 0.143 e. The first kappa shape index (κ1) is 13.2. The molecule has 0 amide bonds. The molecule has 0 aliphatic carbocycles. The van der Waals surface area contributed by atoms with E-state index in [1.807, 2.05) is 6.07 Å². The second kappa shape index (κ2) is 6.11. The predicted molar refractivity (Wildman–Crippen MR) is 76.6 cm³/mol. The Morgan fingerprint density at radius 2 is 2.20 bits per heavy atom. The zero-order chi connectivity index (χ0) is 13.8. The Balaban J connectivity index is 1.80. The van der Waals surface area contributed by atoms with Crippen LogP contribution in [0, 0.1) is 0 Å². The molecule has 1 aromatic carbocycles. The monoisotopic (exact) mass is 272 g/mol. The fraction of sp³-hybridized carbons (Fsp3) is 0.500. The molecular weight excluding hydrogens is 252 g/mol. The minimum absolute atomic E-state index is 0.409. The van der Waals surface area contributed by atoms with Crippen LogP contribution >= 0.6 is 0 Å². The summed E-state index contributed by atoms with van der Waals surface area (Å²) in [4.78, 5) is 2.53. The van der Waals surface area contributed by atoms with Crippen LogP contribution in [0.4, 0.5) is 0 Å². The van der Waals surface area contributed by atoms with Crippen molar-refractivity contribution >= 4 is 0 Å². The average molecular weight is 272 g/mol. The predicted octanol–water partition coefficient (Wildman–Crippen LogP) is 1.02. The van der Waals surface area contributed by atoms with Crippen LogP contribution in [0.5, 0.6) is 0 Å². The van der Waals surface area contributed by atoms with E-state index in [2.05, 4.69) is 50.9 Å². The molecule has 1 saturated heterocycles. The van der Waals surface area contributed by atoms with Gasteiger partial charge in [-0.05, 0) is 54.6 Å². The van der Waals surface area contributed by atoms with E-state index in [0.717, 1.165) is 31.9 Å².